The molecule has 3 nitrogen and oxygen atoms in total. The van der Waals surface area contributed by atoms with E-state index in [0.29, 0.717) is 0 Å². The molecule has 0 unspecified atom stereocenters. The lowest BCUT2D eigenvalue weighted by atomic mass is 10.0. The lowest BCUT2D eigenvalue weighted by Gasteiger charge is -2.11. The first kappa shape index (κ1) is 11.0. The van der Waals surface area contributed by atoms with Gasteiger partial charge in [-0.15, -0.1) is 0 Å². The molecule has 0 spiro atoms. The van der Waals surface area contributed by atoms with E-state index in [1.807, 2.05) is 0 Å². The summed E-state index contributed by atoms with van der Waals surface area (Å²) in [6, 6.07) is 4.06. The summed E-state index contributed by atoms with van der Waals surface area (Å²) in [5.41, 5.74) is -2.04. The quantitative estimate of drug-likeness (QED) is 0.714. The van der Waals surface area contributed by atoms with Gasteiger partial charge in [-0.25, -0.2) is 4.98 Å². The zero-order valence-corrected chi connectivity index (χ0v) is 7.34. The van der Waals surface area contributed by atoms with Crippen molar-refractivity contribution in [3.05, 3.63) is 29.1 Å². The standard InChI is InChI=1S/C9H4F3N3/c10-9(11,12)8-6(1-3-13)2-4-15-7(8)5-14/h2,4H,1H2. The maximum absolute atomic E-state index is 12.5. The van der Waals surface area contributed by atoms with E-state index in [9.17, 15) is 13.2 Å². The molecule has 15 heavy (non-hydrogen) atoms. The number of rotatable bonds is 1. The first-order valence-corrected chi connectivity index (χ1v) is 3.83. The highest BCUT2D eigenvalue weighted by Crippen LogP contribution is 2.33. The van der Waals surface area contributed by atoms with E-state index < -0.39 is 23.9 Å². The Balaban J connectivity index is 3.44. The largest absolute Gasteiger partial charge is 0.419 e. The van der Waals surface area contributed by atoms with Crippen molar-refractivity contribution in [1.29, 1.82) is 10.5 Å². The maximum atomic E-state index is 12.5. The Morgan fingerprint density at radius 2 is 2.00 bits per heavy atom. The Kier molecular flexibility index (Phi) is 2.91. The minimum Gasteiger partial charge on any atom is -0.245 e. The molecule has 0 aliphatic carbocycles. The summed E-state index contributed by atoms with van der Waals surface area (Å²) in [6.45, 7) is 0. The van der Waals surface area contributed by atoms with Crippen molar-refractivity contribution >= 4 is 0 Å². The van der Waals surface area contributed by atoms with Gasteiger partial charge in [0.25, 0.3) is 0 Å². The highest BCUT2D eigenvalue weighted by atomic mass is 19.4. The smallest absolute Gasteiger partial charge is 0.245 e. The third kappa shape index (κ3) is 2.23. The van der Waals surface area contributed by atoms with E-state index in [0.717, 1.165) is 12.3 Å². The Labute approximate surface area is 83.4 Å². The van der Waals surface area contributed by atoms with E-state index in [-0.39, 0.29) is 5.56 Å². The molecule has 0 saturated carbocycles. The highest BCUT2D eigenvalue weighted by Gasteiger charge is 2.36. The monoisotopic (exact) mass is 211 g/mol. The van der Waals surface area contributed by atoms with Crippen LogP contribution in [-0.2, 0) is 12.6 Å². The molecule has 0 N–H and O–H groups in total. The molecule has 6 heteroatoms. The third-order valence-corrected chi connectivity index (χ3v) is 1.70. The van der Waals surface area contributed by atoms with E-state index >= 15 is 0 Å². The van der Waals surface area contributed by atoms with Crippen molar-refractivity contribution in [2.75, 3.05) is 0 Å². The van der Waals surface area contributed by atoms with E-state index in [4.69, 9.17) is 10.5 Å². The van der Waals surface area contributed by atoms with Gasteiger partial charge in [0.1, 0.15) is 6.07 Å². The summed E-state index contributed by atoms with van der Waals surface area (Å²) >= 11 is 0. The molecule has 0 bridgehead atoms. The molecular formula is C9H4F3N3. The molecule has 1 heterocycles. The van der Waals surface area contributed by atoms with E-state index in [1.165, 1.54) is 6.07 Å². The molecule has 0 aromatic carbocycles. The fraction of sp³-hybridized carbons (Fsp3) is 0.222. The molecular weight excluding hydrogens is 207 g/mol. The van der Waals surface area contributed by atoms with Gasteiger partial charge < -0.3 is 0 Å². The molecule has 1 rings (SSSR count). The van der Waals surface area contributed by atoms with Crippen LogP contribution in [0.5, 0.6) is 0 Å². The second kappa shape index (κ2) is 3.97. The molecule has 0 radical (unpaired) electrons. The van der Waals surface area contributed by atoms with Crippen LogP contribution >= 0.6 is 0 Å². The SMILES string of the molecule is N#CCc1ccnc(C#N)c1C(F)(F)F. The third-order valence-electron chi connectivity index (χ3n) is 1.70. The molecule has 0 fully saturated rings. The van der Waals surface area contributed by atoms with Gasteiger partial charge in [0.05, 0.1) is 18.1 Å². The van der Waals surface area contributed by atoms with Crippen molar-refractivity contribution < 1.29 is 13.2 Å². The number of halogens is 3. The molecule has 0 aliphatic rings. The maximum Gasteiger partial charge on any atom is 0.419 e. The average molecular weight is 211 g/mol. The summed E-state index contributed by atoms with van der Waals surface area (Å²) in [5.74, 6) is 0. The first-order chi connectivity index (χ1) is 7.00. The fourth-order valence-corrected chi connectivity index (χ4v) is 1.14. The Morgan fingerprint density at radius 1 is 1.33 bits per heavy atom. The number of aromatic nitrogens is 1. The minimum atomic E-state index is -4.66. The van der Waals surface area contributed by atoms with Crippen LogP contribution in [0.4, 0.5) is 13.2 Å². The second-order valence-electron chi connectivity index (χ2n) is 2.64. The molecule has 0 amide bonds. The van der Waals surface area contributed by atoms with Crippen molar-refractivity contribution in [2.45, 2.75) is 12.6 Å². The number of alkyl halides is 3. The summed E-state index contributed by atoms with van der Waals surface area (Å²) in [4.78, 5) is 3.32. The lowest BCUT2D eigenvalue weighted by Crippen LogP contribution is -2.13. The molecule has 0 saturated heterocycles. The average Bonchev–Trinajstić information content (AvgIpc) is 2.16. The van der Waals surface area contributed by atoms with Crippen LogP contribution in [0, 0.1) is 22.7 Å². The van der Waals surface area contributed by atoms with Crippen LogP contribution < -0.4 is 0 Å². The van der Waals surface area contributed by atoms with Crippen LogP contribution in [0.3, 0.4) is 0 Å². The number of pyridine rings is 1. The van der Waals surface area contributed by atoms with Crippen LogP contribution in [-0.4, -0.2) is 4.98 Å². The van der Waals surface area contributed by atoms with Crippen LogP contribution in [0.2, 0.25) is 0 Å². The normalized spacial score (nSPS) is 10.5. The van der Waals surface area contributed by atoms with Gasteiger partial charge in [-0.3, -0.25) is 0 Å². The minimum absolute atomic E-state index is 0.225. The number of hydrogen-bond donors (Lipinski definition) is 0. The van der Waals surface area contributed by atoms with Crippen molar-refractivity contribution in [3.63, 3.8) is 0 Å². The van der Waals surface area contributed by atoms with Gasteiger partial charge in [-0.2, -0.15) is 23.7 Å². The molecule has 1 aromatic rings. The summed E-state index contributed by atoms with van der Waals surface area (Å²) in [6.07, 6.45) is -3.97. The van der Waals surface area contributed by atoms with Crippen LogP contribution in [0.1, 0.15) is 16.8 Å². The summed E-state index contributed by atoms with van der Waals surface area (Å²) in [5, 5.41) is 16.8. The first-order valence-electron chi connectivity index (χ1n) is 3.83. The predicted octanol–water partition coefficient (Wildman–Crippen LogP) is 2.04. The molecule has 0 atom stereocenters. The van der Waals surface area contributed by atoms with Crippen molar-refractivity contribution in [1.82, 2.24) is 4.98 Å². The van der Waals surface area contributed by atoms with E-state index in [1.54, 1.807) is 6.07 Å². The van der Waals surface area contributed by atoms with Crippen molar-refractivity contribution in [3.8, 4) is 12.1 Å². The highest BCUT2D eigenvalue weighted by molar-refractivity contribution is 5.40. The lowest BCUT2D eigenvalue weighted by molar-refractivity contribution is -0.138. The van der Waals surface area contributed by atoms with Crippen LogP contribution in [0.15, 0.2) is 12.3 Å². The summed E-state index contributed by atoms with van der Waals surface area (Å²) < 4.78 is 37.6. The van der Waals surface area contributed by atoms with Gasteiger partial charge in [0, 0.05) is 6.20 Å². The predicted molar refractivity (Wildman–Crippen MR) is 43.3 cm³/mol. The zero-order chi connectivity index (χ0) is 11.5. The van der Waals surface area contributed by atoms with Gasteiger partial charge in [-0.1, -0.05) is 0 Å². The molecule has 0 aliphatic heterocycles. The summed E-state index contributed by atoms with van der Waals surface area (Å²) in [7, 11) is 0. The number of nitrogens with zero attached hydrogens (tertiary/aromatic N) is 3. The topological polar surface area (TPSA) is 60.5 Å². The number of nitriles is 2. The Bertz CT molecular complexity index is 451. The van der Waals surface area contributed by atoms with Gasteiger partial charge in [-0.05, 0) is 11.6 Å². The number of hydrogen-bond acceptors (Lipinski definition) is 3. The molecule has 76 valence electrons. The van der Waals surface area contributed by atoms with Gasteiger partial charge >= 0.3 is 6.18 Å². The molecule has 1 aromatic heterocycles. The van der Waals surface area contributed by atoms with Gasteiger partial charge in [0.15, 0.2) is 5.69 Å². The Morgan fingerprint density at radius 3 is 2.47 bits per heavy atom. The second-order valence-corrected chi connectivity index (χ2v) is 2.64. The van der Waals surface area contributed by atoms with E-state index in [2.05, 4.69) is 4.98 Å². The van der Waals surface area contributed by atoms with Crippen molar-refractivity contribution in [2.24, 2.45) is 0 Å². The van der Waals surface area contributed by atoms with Gasteiger partial charge in [0.2, 0.25) is 0 Å². The van der Waals surface area contributed by atoms with Crippen LogP contribution in [0.25, 0.3) is 0 Å². The fourth-order valence-electron chi connectivity index (χ4n) is 1.14. The zero-order valence-electron chi connectivity index (χ0n) is 7.34. The Hall–Kier alpha value is -2.08.